The first-order chi connectivity index (χ1) is 9.58. The van der Waals surface area contributed by atoms with Crippen LogP contribution in [0.5, 0.6) is 0 Å². The fourth-order valence-electron chi connectivity index (χ4n) is 2.10. The number of hydrogen-bond acceptors (Lipinski definition) is 2. The van der Waals surface area contributed by atoms with Crippen molar-refractivity contribution in [2.75, 3.05) is 0 Å². The van der Waals surface area contributed by atoms with Gasteiger partial charge >= 0.3 is 0 Å². The molecule has 1 unspecified atom stereocenters. The minimum Gasteiger partial charge on any atom is -0.271 e. The topological polar surface area (TPSA) is 38.0 Å². The summed E-state index contributed by atoms with van der Waals surface area (Å²) < 4.78 is 26.4. The molecule has 0 aliphatic carbocycles. The van der Waals surface area contributed by atoms with Crippen molar-refractivity contribution in [3.05, 3.63) is 70.2 Å². The SMILES string of the molecule is NNC(Cc1cccc(F)c1)Cc1cc(F)ccc1Cl. The van der Waals surface area contributed by atoms with Crippen molar-refractivity contribution in [2.24, 2.45) is 5.84 Å². The number of rotatable bonds is 5. The summed E-state index contributed by atoms with van der Waals surface area (Å²) in [6.07, 6.45) is 0.991. The normalized spacial score (nSPS) is 12.4. The molecule has 0 saturated carbocycles. The monoisotopic (exact) mass is 296 g/mol. The zero-order chi connectivity index (χ0) is 14.5. The van der Waals surface area contributed by atoms with Crippen LogP contribution in [-0.4, -0.2) is 6.04 Å². The van der Waals surface area contributed by atoms with Crippen molar-refractivity contribution in [1.29, 1.82) is 0 Å². The lowest BCUT2D eigenvalue weighted by Gasteiger charge is -2.17. The average molecular weight is 297 g/mol. The Morgan fingerprint density at radius 1 is 1.05 bits per heavy atom. The number of benzene rings is 2. The van der Waals surface area contributed by atoms with Crippen LogP contribution in [0.1, 0.15) is 11.1 Å². The maximum Gasteiger partial charge on any atom is 0.123 e. The molecule has 0 bridgehead atoms. The molecule has 3 N–H and O–H groups in total. The molecule has 0 aliphatic rings. The van der Waals surface area contributed by atoms with Gasteiger partial charge in [-0.05, 0) is 54.3 Å². The van der Waals surface area contributed by atoms with Gasteiger partial charge in [-0.15, -0.1) is 0 Å². The number of nitrogens with two attached hydrogens (primary N) is 1. The molecule has 1 atom stereocenters. The van der Waals surface area contributed by atoms with Gasteiger partial charge in [-0.1, -0.05) is 23.7 Å². The molecule has 2 rings (SSSR count). The van der Waals surface area contributed by atoms with E-state index in [-0.39, 0.29) is 17.7 Å². The molecule has 0 aromatic heterocycles. The van der Waals surface area contributed by atoms with Gasteiger partial charge in [0.1, 0.15) is 11.6 Å². The maximum absolute atomic E-state index is 13.2. The highest BCUT2D eigenvalue weighted by Gasteiger charge is 2.12. The minimum absolute atomic E-state index is 0.156. The maximum atomic E-state index is 13.2. The number of hydrogen-bond donors (Lipinski definition) is 2. The van der Waals surface area contributed by atoms with E-state index in [9.17, 15) is 8.78 Å². The van der Waals surface area contributed by atoms with Crippen LogP contribution in [-0.2, 0) is 12.8 Å². The summed E-state index contributed by atoms with van der Waals surface area (Å²) in [5.74, 6) is 4.88. The second-order valence-corrected chi connectivity index (χ2v) is 5.04. The summed E-state index contributed by atoms with van der Waals surface area (Å²) in [5, 5.41) is 0.492. The summed E-state index contributed by atoms with van der Waals surface area (Å²) >= 11 is 6.03. The lowest BCUT2D eigenvalue weighted by atomic mass is 9.99. The van der Waals surface area contributed by atoms with Gasteiger partial charge in [0.2, 0.25) is 0 Å². The van der Waals surface area contributed by atoms with Crippen molar-refractivity contribution in [3.63, 3.8) is 0 Å². The van der Waals surface area contributed by atoms with Crippen molar-refractivity contribution in [2.45, 2.75) is 18.9 Å². The molecule has 20 heavy (non-hydrogen) atoms. The van der Waals surface area contributed by atoms with E-state index in [1.165, 1.54) is 30.3 Å². The summed E-state index contributed by atoms with van der Waals surface area (Å²) in [4.78, 5) is 0. The van der Waals surface area contributed by atoms with E-state index >= 15 is 0 Å². The standard InChI is InChI=1S/C15H15ClF2N2/c16-15-5-4-13(18)8-11(15)9-14(20-19)7-10-2-1-3-12(17)6-10/h1-6,8,14,20H,7,9,19H2. The highest BCUT2D eigenvalue weighted by atomic mass is 35.5. The quantitative estimate of drug-likeness (QED) is 0.657. The van der Waals surface area contributed by atoms with Gasteiger partial charge in [0.05, 0.1) is 0 Å². The van der Waals surface area contributed by atoms with Crippen LogP contribution in [0.2, 0.25) is 5.02 Å². The first-order valence-corrected chi connectivity index (χ1v) is 6.61. The molecule has 0 spiro atoms. The Hall–Kier alpha value is -1.49. The Balaban J connectivity index is 2.11. The first kappa shape index (κ1) is 14.9. The second kappa shape index (κ2) is 6.79. The largest absolute Gasteiger partial charge is 0.271 e. The Kier molecular flexibility index (Phi) is 5.06. The van der Waals surface area contributed by atoms with Gasteiger partial charge in [-0.25, -0.2) is 8.78 Å². The van der Waals surface area contributed by atoms with Gasteiger partial charge in [-0.2, -0.15) is 0 Å². The highest BCUT2D eigenvalue weighted by Crippen LogP contribution is 2.19. The molecule has 0 saturated heterocycles. The molecule has 0 amide bonds. The third kappa shape index (κ3) is 4.00. The fraction of sp³-hybridized carbons (Fsp3) is 0.200. The Morgan fingerprint density at radius 2 is 1.80 bits per heavy atom. The average Bonchev–Trinajstić information content (AvgIpc) is 2.42. The summed E-state index contributed by atoms with van der Waals surface area (Å²) in [6.45, 7) is 0. The van der Waals surface area contributed by atoms with Gasteiger partial charge in [0, 0.05) is 11.1 Å². The zero-order valence-electron chi connectivity index (χ0n) is 10.7. The number of nitrogens with one attached hydrogen (secondary N) is 1. The molecule has 0 fully saturated rings. The molecule has 0 heterocycles. The summed E-state index contributed by atoms with van der Waals surface area (Å²) in [7, 11) is 0. The summed E-state index contributed by atoms with van der Waals surface area (Å²) in [5.41, 5.74) is 4.15. The third-order valence-electron chi connectivity index (χ3n) is 3.08. The highest BCUT2D eigenvalue weighted by molar-refractivity contribution is 6.31. The minimum atomic E-state index is -0.342. The van der Waals surface area contributed by atoms with E-state index in [4.69, 9.17) is 17.4 Å². The zero-order valence-corrected chi connectivity index (χ0v) is 11.5. The third-order valence-corrected chi connectivity index (χ3v) is 3.45. The van der Waals surface area contributed by atoms with E-state index < -0.39 is 0 Å². The van der Waals surface area contributed by atoms with Crippen molar-refractivity contribution in [1.82, 2.24) is 5.43 Å². The molecule has 2 aromatic carbocycles. The van der Waals surface area contributed by atoms with Crippen LogP contribution in [0.4, 0.5) is 8.78 Å². The molecule has 106 valence electrons. The van der Waals surface area contributed by atoms with Crippen LogP contribution in [0.25, 0.3) is 0 Å². The fourth-order valence-corrected chi connectivity index (χ4v) is 2.30. The molecular weight excluding hydrogens is 282 g/mol. The number of halogens is 3. The van der Waals surface area contributed by atoms with E-state index in [0.29, 0.717) is 23.4 Å². The van der Waals surface area contributed by atoms with Gasteiger partial charge in [0.25, 0.3) is 0 Å². The van der Waals surface area contributed by atoms with Gasteiger partial charge in [0.15, 0.2) is 0 Å². The van der Waals surface area contributed by atoms with E-state index in [2.05, 4.69) is 5.43 Å². The molecule has 5 heteroatoms. The Labute approximate surface area is 121 Å². The lowest BCUT2D eigenvalue weighted by molar-refractivity contribution is 0.518. The lowest BCUT2D eigenvalue weighted by Crippen LogP contribution is -2.38. The van der Waals surface area contributed by atoms with E-state index in [1.807, 2.05) is 6.07 Å². The van der Waals surface area contributed by atoms with Crippen molar-refractivity contribution < 1.29 is 8.78 Å². The number of hydrazine groups is 1. The Bertz CT molecular complexity index is 590. The molecule has 0 radical (unpaired) electrons. The predicted molar refractivity (Wildman–Crippen MR) is 76.3 cm³/mol. The van der Waals surface area contributed by atoms with Crippen LogP contribution in [0.15, 0.2) is 42.5 Å². The predicted octanol–water partition coefficient (Wildman–Crippen LogP) is 3.24. The van der Waals surface area contributed by atoms with Crippen LogP contribution in [0.3, 0.4) is 0 Å². The molecule has 0 aliphatic heterocycles. The van der Waals surface area contributed by atoms with Crippen LogP contribution < -0.4 is 11.3 Å². The van der Waals surface area contributed by atoms with Crippen molar-refractivity contribution >= 4 is 11.6 Å². The molecule has 2 nitrogen and oxygen atoms in total. The van der Waals surface area contributed by atoms with Gasteiger partial charge in [-0.3, -0.25) is 11.3 Å². The van der Waals surface area contributed by atoms with Crippen LogP contribution in [0, 0.1) is 11.6 Å². The second-order valence-electron chi connectivity index (χ2n) is 4.64. The van der Waals surface area contributed by atoms with Crippen LogP contribution >= 0.6 is 11.6 Å². The molecule has 2 aromatic rings. The smallest absolute Gasteiger partial charge is 0.123 e. The Morgan fingerprint density at radius 3 is 2.50 bits per heavy atom. The molecular formula is C15H15ClF2N2. The van der Waals surface area contributed by atoms with E-state index in [1.54, 1.807) is 6.07 Å². The van der Waals surface area contributed by atoms with E-state index in [0.717, 1.165) is 5.56 Å². The summed E-state index contributed by atoms with van der Waals surface area (Å²) in [6, 6.07) is 10.4. The first-order valence-electron chi connectivity index (χ1n) is 6.23. The van der Waals surface area contributed by atoms with Crippen molar-refractivity contribution in [3.8, 4) is 0 Å². The van der Waals surface area contributed by atoms with Gasteiger partial charge < -0.3 is 0 Å².